The molecule has 0 N–H and O–H groups in total. The largest absolute Gasteiger partial charge is 0.228 e. The number of rotatable bonds is 4. The average molecular weight is 251 g/mol. The molecule has 1 aromatic heterocycles. The van der Waals surface area contributed by atoms with Crippen LogP contribution in [0.15, 0.2) is 24.3 Å². The summed E-state index contributed by atoms with van der Waals surface area (Å²) in [5.41, 5.74) is 2.61. The van der Waals surface area contributed by atoms with Crippen molar-refractivity contribution in [2.75, 3.05) is 0 Å². The van der Waals surface area contributed by atoms with E-state index in [-0.39, 0.29) is 5.38 Å². The Balaban J connectivity index is 2.08. The van der Waals surface area contributed by atoms with Crippen molar-refractivity contribution in [3.05, 3.63) is 41.2 Å². The molecule has 0 spiro atoms. The Morgan fingerprint density at radius 2 is 2.12 bits per heavy atom. The van der Waals surface area contributed by atoms with Crippen molar-refractivity contribution in [3.8, 4) is 0 Å². The topological polar surface area (TPSA) is 43.6 Å². The molecule has 0 bridgehead atoms. The lowest BCUT2D eigenvalue weighted by atomic mass is 10.1. The molecule has 0 aliphatic rings. The van der Waals surface area contributed by atoms with Crippen LogP contribution in [0, 0.1) is 6.92 Å². The normalized spacial score (nSPS) is 12.6. The lowest BCUT2D eigenvalue weighted by Crippen LogP contribution is -2.09. The summed E-state index contributed by atoms with van der Waals surface area (Å²) in [6.45, 7) is 4.74. The molecule has 4 nitrogen and oxygen atoms in total. The van der Waals surface area contributed by atoms with Crippen LogP contribution in [-0.2, 0) is 13.0 Å². The Morgan fingerprint density at radius 1 is 1.35 bits per heavy atom. The number of hydrogen-bond donors (Lipinski definition) is 0. The van der Waals surface area contributed by atoms with Crippen molar-refractivity contribution in [3.63, 3.8) is 0 Å². The standard InChI is InChI=1S/C12H15ClN4/c1-9-5-3-4-6-11(9)7-8-17-12(10(2)13)14-15-16-17/h3-6,10H,7-8H2,1-2H3. The first-order chi connectivity index (χ1) is 8.18. The molecule has 2 rings (SSSR count). The van der Waals surface area contributed by atoms with Gasteiger partial charge in [0, 0.05) is 6.54 Å². The summed E-state index contributed by atoms with van der Waals surface area (Å²) in [7, 11) is 0. The van der Waals surface area contributed by atoms with Crippen molar-refractivity contribution in [2.24, 2.45) is 0 Å². The minimum Gasteiger partial charge on any atom is -0.228 e. The van der Waals surface area contributed by atoms with Gasteiger partial charge < -0.3 is 0 Å². The molecule has 0 saturated carbocycles. The van der Waals surface area contributed by atoms with Crippen molar-refractivity contribution in [1.29, 1.82) is 0 Å². The molecule has 0 saturated heterocycles. The summed E-state index contributed by atoms with van der Waals surface area (Å²) < 4.78 is 1.77. The summed E-state index contributed by atoms with van der Waals surface area (Å²) >= 11 is 6.00. The predicted molar refractivity (Wildman–Crippen MR) is 67.0 cm³/mol. The van der Waals surface area contributed by atoms with Crippen molar-refractivity contribution >= 4 is 11.6 Å². The molecule has 1 aromatic carbocycles. The first-order valence-corrected chi connectivity index (χ1v) is 6.07. The lowest BCUT2D eigenvalue weighted by molar-refractivity contribution is 0.563. The van der Waals surface area contributed by atoms with Gasteiger partial charge >= 0.3 is 0 Å². The number of aryl methyl sites for hydroxylation is 3. The van der Waals surface area contributed by atoms with Gasteiger partial charge in [0.2, 0.25) is 0 Å². The molecule has 1 unspecified atom stereocenters. The third-order valence-electron chi connectivity index (χ3n) is 2.77. The van der Waals surface area contributed by atoms with Gasteiger partial charge in [-0.1, -0.05) is 24.3 Å². The highest BCUT2D eigenvalue weighted by molar-refractivity contribution is 6.20. The molecule has 17 heavy (non-hydrogen) atoms. The highest BCUT2D eigenvalue weighted by atomic mass is 35.5. The maximum absolute atomic E-state index is 6.00. The molecular weight excluding hydrogens is 236 g/mol. The highest BCUT2D eigenvalue weighted by Crippen LogP contribution is 2.16. The number of nitrogens with zero attached hydrogens (tertiary/aromatic N) is 4. The zero-order valence-corrected chi connectivity index (χ0v) is 10.7. The van der Waals surface area contributed by atoms with E-state index in [1.807, 2.05) is 19.1 Å². The van der Waals surface area contributed by atoms with Gasteiger partial charge in [-0.25, -0.2) is 4.68 Å². The number of aromatic nitrogens is 4. The van der Waals surface area contributed by atoms with Crippen LogP contribution in [0.3, 0.4) is 0 Å². The molecular formula is C12H15ClN4. The van der Waals surface area contributed by atoms with E-state index in [1.165, 1.54) is 11.1 Å². The fraction of sp³-hybridized carbons (Fsp3) is 0.417. The SMILES string of the molecule is Cc1ccccc1CCn1nnnc1C(C)Cl. The molecule has 0 amide bonds. The maximum Gasteiger partial charge on any atom is 0.168 e. The van der Waals surface area contributed by atoms with Crippen molar-refractivity contribution in [1.82, 2.24) is 20.2 Å². The summed E-state index contributed by atoms with van der Waals surface area (Å²) in [5, 5.41) is 11.4. The third kappa shape index (κ3) is 2.82. The highest BCUT2D eigenvalue weighted by Gasteiger charge is 2.11. The van der Waals surface area contributed by atoms with Gasteiger partial charge in [0.15, 0.2) is 5.82 Å². The van der Waals surface area contributed by atoms with Gasteiger partial charge in [-0.2, -0.15) is 0 Å². The second-order valence-corrected chi connectivity index (χ2v) is 4.71. The zero-order valence-electron chi connectivity index (χ0n) is 9.97. The van der Waals surface area contributed by atoms with Gasteiger partial charge in [-0.15, -0.1) is 16.7 Å². The molecule has 0 aliphatic carbocycles. The van der Waals surface area contributed by atoms with Gasteiger partial charge in [0.25, 0.3) is 0 Å². The van der Waals surface area contributed by atoms with E-state index < -0.39 is 0 Å². The quantitative estimate of drug-likeness (QED) is 0.784. The summed E-state index contributed by atoms with van der Waals surface area (Å²) in [6.07, 6.45) is 0.911. The average Bonchev–Trinajstić information content (AvgIpc) is 2.76. The van der Waals surface area contributed by atoms with Gasteiger partial charge in [0.05, 0.1) is 5.38 Å². The lowest BCUT2D eigenvalue weighted by Gasteiger charge is -2.07. The smallest absolute Gasteiger partial charge is 0.168 e. The van der Waals surface area contributed by atoms with Crippen LogP contribution in [-0.4, -0.2) is 20.2 Å². The molecule has 5 heteroatoms. The van der Waals surface area contributed by atoms with E-state index in [2.05, 4.69) is 34.6 Å². The minimum absolute atomic E-state index is 0.165. The van der Waals surface area contributed by atoms with Gasteiger partial charge in [-0.3, -0.25) is 0 Å². The molecule has 0 radical (unpaired) electrons. The van der Waals surface area contributed by atoms with E-state index in [0.717, 1.165) is 18.8 Å². The first-order valence-electron chi connectivity index (χ1n) is 5.63. The van der Waals surface area contributed by atoms with Crippen LogP contribution in [0.4, 0.5) is 0 Å². The Morgan fingerprint density at radius 3 is 2.82 bits per heavy atom. The summed E-state index contributed by atoms with van der Waals surface area (Å²) in [4.78, 5) is 0. The first kappa shape index (κ1) is 12.0. The molecule has 90 valence electrons. The van der Waals surface area contributed by atoms with E-state index in [9.17, 15) is 0 Å². The van der Waals surface area contributed by atoms with E-state index in [4.69, 9.17) is 11.6 Å². The van der Waals surface area contributed by atoms with Crippen molar-refractivity contribution < 1.29 is 0 Å². The summed E-state index contributed by atoms with van der Waals surface area (Å²) in [6, 6.07) is 8.33. The Labute approximate surface area is 106 Å². The zero-order chi connectivity index (χ0) is 12.3. The molecule has 0 fully saturated rings. The fourth-order valence-electron chi connectivity index (χ4n) is 1.77. The van der Waals surface area contributed by atoms with E-state index >= 15 is 0 Å². The summed E-state index contributed by atoms with van der Waals surface area (Å²) in [5.74, 6) is 0.722. The van der Waals surface area contributed by atoms with E-state index in [1.54, 1.807) is 4.68 Å². The van der Waals surface area contributed by atoms with Crippen LogP contribution in [0.2, 0.25) is 0 Å². The maximum atomic E-state index is 6.00. The molecule has 0 aliphatic heterocycles. The number of tetrazole rings is 1. The Bertz CT molecular complexity index is 493. The fourth-order valence-corrected chi connectivity index (χ4v) is 1.93. The van der Waals surface area contributed by atoms with Gasteiger partial charge in [0.1, 0.15) is 0 Å². The Hall–Kier alpha value is -1.42. The molecule has 1 atom stereocenters. The van der Waals surface area contributed by atoms with Crippen LogP contribution in [0.5, 0.6) is 0 Å². The van der Waals surface area contributed by atoms with Crippen LogP contribution < -0.4 is 0 Å². The predicted octanol–water partition coefficient (Wildman–Crippen LogP) is 2.52. The number of benzene rings is 1. The second kappa shape index (κ2) is 5.27. The van der Waals surface area contributed by atoms with Crippen LogP contribution in [0.1, 0.15) is 29.3 Å². The second-order valence-electron chi connectivity index (χ2n) is 4.05. The Kier molecular flexibility index (Phi) is 3.74. The van der Waals surface area contributed by atoms with Gasteiger partial charge in [-0.05, 0) is 41.8 Å². The monoisotopic (exact) mass is 250 g/mol. The van der Waals surface area contributed by atoms with E-state index in [0.29, 0.717) is 0 Å². The number of hydrogen-bond acceptors (Lipinski definition) is 3. The number of alkyl halides is 1. The van der Waals surface area contributed by atoms with Crippen LogP contribution in [0.25, 0.3) is 0 Å². The third-order valence-corrected chi connectivity index (χ3v) is 2.96. The molecule has 2 aromatic rings. The molecule has 1 heterocycles. The minimum atomic E-state index is -0.165. The van der Waals surface area contributed by atoms with Crippen molar-refractivity contribution in [2.45, 2.75) is 32.2 Å². The van der Waals surface area contributed by atoms with Crippen LogP contribution >= 0.6 is 11.6 Å². The number of halogens is 1.